The van der Waals surface area contributed by atoms with Gasteiger partial charge in [-0.15, -0.1) is 0 Å². The maximum Gasteiger partial charge on any atom is 0.306 e. The van der Waals surface area contributed by atoms with E-state index in [9.17, 15) is 9.90 Å². The molecule has 1 unspecified atom stereocenters. The van der Waals surface area contributed by atoms with Gasteiger partial charge in [0, 0.05) is 13.0 Å². The number of benzene rings is 3. The number of ether oxygens (including phenoxy) is 4. The van der Waals surface area contributed by atoms with Crippen molar-refractivity contribution in [1.82, 2.24) is 5.32 Å². The highest BCUT2D eigenvalue weighted by atomic mass is 16.7. The lowest BCUT2D eigenvalue weighted by atomic mass is 9.88. The second-order valence-electron chi connectivity index (χ2n) is 9.72. The van der Waals surface area contributed by atoms with E-state index >= 15 is 0 Å². The zero-order chi connectivity index (χ0) is 28.3. The molecule has 212 valence electrons. The Bertz CT molecular complexity index is 1280. The van der Waals surface area contributed by atoms with Crippen LogP contribution in [-0.4, -0.2) is 43.7 Å². The molecular formula is C33H39NO6. The fourth-order valence-corrected chi connectivity index (χ4v) is 4.68. The van der Waals surface area contributed by atoms with Crippen LogP contribution in [0.4, 0.5) is 0 Å². The summed E-state index contributed by atoms with van der Waals surface area (Å²) in [5, 5.41) is 13.2. The minimum atomic E-state index is -0.365. The van der Waals surface area contributed by atoms with E-state index in [2.05, 4.69) is 25.2 Å². The number of esters is 1. The molecule has 1 atom stereocenters. The summed E-state index contributed by atoms with van der Waals surface area (Å²) < 4.78 is 22.9. The van der Waals surface area contributed by atoms with Gasteiger partial charge in [0.25, 0.3) is 0 Å². The Kier molecular flexibility index (Phi) is 10.5. The van der Waals surface area contributed by atoms with Crippen LogP contribution in [0.1, 0.15) is 63.1 Å². The number of allylic oxidation sites excluding steroid dienone is 1. The van der Waals surface area contributed by atoms with E-state index in [1.165, 1.54) is 0 Å². The van der Waals surface area contributed by atoms with Crippen molar-refractivity contribution < 1.29 is 28.8 Å². The van der Waals surface area contributed by atoms with E-state index in [-0.39, 0.29) is 31.2 Å². The van der Waals surface area contributed by atoms with Crippen LogP contribution >= 0.6 is 0 Å². The summed E-state index contributed by atoms with van der Waals surface area (Å²) in [7, 11) is 0. The second-order valence-corrected chi connectivity index (χ2v) is 9.72. The van der Waals surface area contributed by atoms with Crippen LogP contribution in [0.3, 0.4) is 0 Å². The van der Waals surface area contributed by atoms with Gasteiger partial charge in [0.2, 0.25) is 6.79 Å². The third-order valence-corrected chi connectivity index (χ3v) is 6.66. The van der Waals surface area contributed by atoms with E-state index < -0.39 is 0 Å². The van der Waals surface area contributed by atoms with Crippen molar-refractivity contribution in [3.05, 3.63) is 83.4 Å². The minimum absolute atomic E-state index is 0.205. The molecule has 2 N–H and O–H groups in total. The van der Waals surface area contributed by atoms with Crippen LogP contribution in [0, 0.1) is 0 Å². The number of phenolic OH excluding ortho intramolecular Hbond substituents is 1. The first-order valence-corrected chi connectivity index (χ1v) is 14.1. The molecule has 1 aliphatic heterocycles. The first-order valence-electron chi connectivity index (χ1n) is 14.1. The van der Waals surface area contributed by atoms with Crippen molar-refractivity contribution in [1.29, 1.82) is 0 Å². The van der Waals surface area contributed by atoms with Gasteiger partial charge < -0.3 is 29.4 Å². The van der Waals surface area contributed by atoms with Gasteiger partial charge in [0.1, 0.15) is 24.2 Å². The Morgan fingerprint density at radius 2 is 1.57 bits per heavy atom. The summed E-state index contributed by atoms with van der Waals surface area (Å²) in [6.45, 7) is 8.08. The maximum atomic E-state index is 12.1. The Hall–Kier alpha value is -3.97. The van der Waals surface area contributed by atoms with Crippen molar-refractivity contribution in [2.24, 2.45) is 0 Å². The summed E-state index contributed by atoms with van der Waals surface area (Å²) in [6, 6.07) is 21.2. The van der Waals surface area contributed by atoms with Crippen molar-refractivity contribution >= 4 is 17.1 Å². The quantitative estimate of drug-likeness (QED) is 0.134. The molecule has 0 bridgehead atoms. The largest absolute Gasteiger partial charge is 0.508 e. The summed E-state index contributed by atoms with van der Waals surface area (Å²) >= 11 is 0. The molecule has 0 fully saturated rings. The van der Waals surface area contributed by atoms with E-state index in [1.54, 1.807) is 12.1 Å². The monoisotopic (exact) mass is 545 g/mol. The molecule has 0 radical (unpaired) electrons. The molecule has 0 aliphatic carbocycles. The number of nitrogens with one attached hydrogen (secondary N) is 1. The normalized spacial score (nSPS) is 13.5. The molecular weight excluding hydrogens is 506 g/mol. The third-order valence-electron chi connectivity index (χ3n) is 6.66. The summed E-state index contributed by atoms with van der Waals surface area (Å²) in [6.07, 6.45) is 2.56. The van der Waals surface area contributed by atoms with Gasteiger partial charge in [-0.1, -0.05) is 51.1 Å². The highest BCUT2D eigenvalue weighted by molar-refractivity contribution is 5.99. The Morgan fingerprint density at radius 1 is 0.900 bits per heavy atom. The van der Waals surface area contributed by atoms with Crippen LogP contribution in [0.5, 0.6) is 23.0 Å². The lowest BCUT2D eigenvalue weighted by Crippen LogP contribution is -2.36. The van der Waals surface area contributed by atoms with Crippen LogP contribution in [0.25, 0.3) is 11.1 Å². The van der Waals surface area contributed by atoms with Crippen molar-refractivity contribution in [2.75, 3.05) is 26.5 Å². The van der Waals surface area contributed by atoms with Gasteiger partial charge in [-0.25, -0.2) is 0 Å². The SMILES string of the molecule is CCCNCC(COc1ccc(/C(=C(/CC)c2ccc3c(c2)OCO3)c2ccc(O)cc2)cc1)OC(=O)CCC. The standard InChI is InChI=1S/C33H39NO6/c1-4-7-32(36)40-28(20-34-18-5-2)21-37-27-15-10-24(11-16-27)33(23-8-13-26(35)14-9-23)29(6-3)25-12-17-30-31(19-25)39-22-38-30/h8-17,19,28,34-35H,4-7,18,20-22H2,1-3H3/b33-29-. The number of fused-ring (bicyclic) bond motifs is 1. The van der Waals surface area contributed by atoms with E-state index in [1.807, 2.05) is 55.5 Å². The average Bonchev–Trinajstić information content (AvgIpc) is 3.44. The Balaban J connectivity index is 1.59. The molecule has 7 nitrogen and oxygen atoms in total. The minimum Gasteiger partial charge on any atom is -0.508 e. The van der Waals surface area contributed by atoms with Gasteiger partial charge in [-0.05, 0) is 90.0 Å². The lowest BCUT2D eigenvalue weighted by Gasteiger charge is -2.20. The molecule has 0 saturated heterocycles. The molecule has 1 aliphatic rings. The number of phenols is 1. The summed E-state index contributed by atoms with van der Waals surface area (Å²) in [5.74, 6) is 2.19. The van der Waals surface area contributed by atoms with Crippen molar-refractivity contribution in [3.8, 4) is 23.0 Å². The summed E-state index contributed by atoms with van der Waals surface area (Å²) in [5.41, 5.74) is 5.26. The van der Waals surface area contributed by atoms with E-state index in [0.29, 0.717) is 18.7 Å². The van der Waals surface area contributed by atoms with Crippen LogP contribution in [0.2, 0.25) is 0 Å². The van der Waals surface area contributed by atoms with E-state index in [4.69, 9.17) is 18.9 Å². The molecule has 0 aromatic heterocycles. The molecule has 4 rings (SSSR count). The first kappa shape index (κ1) is 29.0. The fourth-order valence-electron chi connectivity index (χ4n) is 4.68. The highest BCUT2D eigenvalue weighted by Gasteiger charge is 2.19. The van der Waals surface area contributed by atoms with Crippen LogP contribution in [-0.2, 0) is 9.53 Å². The van der Waals surface area contributed by atoms with Gasteiger partial charge >= 0.3 is 5.97 Å². The maximum absolute atomic E-state index is 12.1. The summed E-state index contributed by atoms with van der Waals surface area (Å²) in [4.78, 5) is 12.1. The topological polar surface area (TPSA) is 86.2 Å². The second kappa shape index (κ2) is 14.4. The lowest BCUT2D eigenvalue weighted by molar-refractivity contribution is -0.150. The molecule has 0 amide bonds. The molecule has 0 spiro atoms. The number of carbonyl (C=O) groups excluding carboxylic acids is 1. The molecule has 40 heavy (non-hydrogen) atoms. The predicted molar refractivity (Wildman–Crippen MR) is 157 cm³/mol. The van der Waals surface area contributed by atoms with E-state index in [0.717, 1.165) is 65.1 Å². The van der Waals surface area contributed by atoms with Gasteiger partial charge in [0.15, 0.2) is 11.5 Å². The highest BCUT2D eigenvalue weighted by Crippen LogP contribution is 2.40. The number of hydrogen-bond donors (Lipinski definition) is 2. The number of hydrogen-bond acceptors (Lipinski definition) is 7. The first-order chi connectivity index (χ1) is 19.5. The number of aromatic hydroxyl groups is 1. The molecule has 7 heteroatoms. The average molecular weight is 546 g/mol. The van der Waals surface area contributed by atoms with Crippen LogP contribution < -0.4 is 19.5 Å². The Labute approximate surface area is 236 Å². The van der Waals surface area contributed by atoms with Gasteiger partial charge in [-0.3, -0.25) is 4.79 Å². The molecule has 0 saturated carbocycles. The zero-order valence-electron chi connectivity index (χ0n) is 23.6. The number of rotatable bonds is 14. The van der Waals surface area contributed by atoms with Crippen LogP contribution in [0.15, 0.2) is 66.7 Å². The van der Waals surface area contributed by atoms with Crippen molar-refractivity contribution in [3.63, 3.8) is 0 Å². The van der Waals surface area contributed by atoms with Gasteiger partial charge in [0.05, 0.1) is 0 Å². The molecule has 1 heterocycles. The third kappa shape index (κ3) is 7.57. The zero-order valence-corrected chi connectivity index (χ0v) is 23.6. The molecule has 3 aromatic rings. The fraction of sp³-hybridized carbons (Fsp3) is 0.364. The number of carbonyl (C=O) groups is 1. The predicted octanol–water partition coefficient (Wildman–Crippen LogP) is 6.58. The Morgan fingerprint density at radius 3 is 2.25 bits per heavy atom. The smallest absolute Gasteiger partial charge is 0.306 e. The molecule has 3 aromatic carbocycles. The van der Waals surface area contributed by atoms with Gasteiger partial charge in [-0.2, -0.15) is 0 Å². The van der Waals surface area contributed by atoms with Crippen molar-refractivity contribution in [2.45, 2.75) is 52.6 Å².